The van der Waals surface area contributed by atoms with Gasteiger partial charge in [0.25, 0.3) is 0 Å². The van der Waals surface area contributed by atoms with Crippen LogP contribution in [0.3, 0.4) is 0 Å². The Morgan fingerprint density at radius 2 is 2.27 bits per heavy atom. The fourth-order valence-corrected chi connectivity index (χ4v) is 3.69. The van der Waals surface area contributed by atoms with E-state index in [1.165, 1.54) is 13.2 Å². The highest BCUT2D eigenvalue weighted by Crippen LogP contribution is 2.48. The first-order valence-corrected chi connectivity index (χ1v) is 7.80. The van der Waals surface area contributed by atoms with E-state index in [9.17, 15) is 14.3 Å². The van der Waals surface area contributed by atoms with Gasteiger partial charge in [-0.3, -0.25) is 4.79 Å². The number of nitrogens with zero attached hydrogens (tertiary/aromatic N) is 1. The molecular weight excluding hydrogens is 285 g/mol. The molecule has 1 N–H and O–H groups in total. The fourth-order valence-electron chi connectivity index (χ4n) is 3.69. The number of benzene rings is 1. The minimum Gasteiger partial charge on any atom is -0.494 e. The molecule has 1 amide bonds. The Kier molecular flexibility index (Phi) is 4.08. The van der Waals surface area contributed by atoms with Crippen LogP contribution in [0, 0.1) is 11.2 Å². The molecular formula is C17H22FNO3. The number of amides is 1. The average Bonchev–Trinajstić information content (AvgIpc) is 2.91. The molecule has 2 aliphatic rings. The lowest BCUT2D eigenvalue weighted by molar-refractivity contribution is -0.131. The Bertz CT molecular complexity index is 569. The van der Waals surface area contributed by atoms with Crippen LogP contribution >= 0.6 is 0 Å². The first-order valence-electron chi connectivity index (χ1n) is 7.80. The van der Waals surface area contributed by atoms with Gasteiger partial charge in [0.15, 0.2) is 11.6 Å². The zero-order valence-corrected chi connectivity index (χ0v) is 12.8. The van der Waals surface area contributed by atoms with E-state index in [1.54, 1.807) is 12.1 Å². The van der Waals surface area contributed by atoms with Gasteiger partial charge < -0.3 is 14.7 Å². The van der Waals surface area contributed by atoms with Crippen LogP contribution in [0.15, 0.2) is 18.2 Å². The highest BCUT2D eigenvalue weighted by atomic mass is 19.1. The number of aryl methyl sites for hydroxylation is 1. The number of rotatable bonds is 4. The molecule has 0 unspecified atom stereocenters. The number of likely N-dealkylation sites (tertiary alicyclic amines) is 1. The van der Waals surface area contributed by atoms with E-state index in [1.807, 2.05) is 4.90 Å². The third-order valence-corrected chi connectivity index (χ3v) is 4.97. The van der Waals surface area contributed by atoms with Gasteiger partial charge in [0.2, 0.25) is 5.91 Å². The van der Waals surface area contributed by atoms with Gasteiger partial charge in [-0.05, 0) is 48.8 Å². The summed E-state index contributed by atoms with van der Waals surface area (Å²) in [6, 6.07) is 4.72. The van der Waals surface area contributed by atoms with Crippen LogP contribution in [-0.4, -0.2) is 42.2 Å². The Morgan fingerprint density at radius 1 is 1.50 bits per heavy atom. The molecule has 0 bridgehead atoms. The van der Waals surface area contributed by atoms with Crippen LogP contribution in [0.2, 0.25) is 0 Å². The van der Waals surface area contributed by atoms with E-state index in [-0.39, 0.29) is 29.0 Å². The van der Waals surface area contributed by atoms with E-state index >= 15 is 0 Å². The molecule has 1 aliphatic heterocycles. The lowest BCUT2D eigenvalue weighted by atomic mass is 9.66. The van der Waals surface area contributed by atoms with Crippen molar-refractivity contribution in [2.45, 2.75) is 38.2 Å². The zero-order valence-electron chi connectivity index (χ0n) is 12.8. The molecule has 1 saturated heterocycles. The van der Waals surface area contributed by atoms with Crippen molar-refractivity contribution in [3.63, 3.8) is 0 Å². The Balaban J connectivity index is 1.53. The standard InChI is InChI=1S/C17H22FNO3/c1-22-15-8-12(2-4-14(15)18)3-5-16(21)19-7-6-17(11-19)9-13(20)10-17/h2,4,8,13,20H,3,5-7,9-11H2,1H3. The summed E-state index contributed by atoms with van der Waals surface area (Å²) < 4.78 is 18.3. The topological polar surface area (TPSA) is 49.8 Å². The maximum absolute atomic E-state index is 13.4. The number of hydrogen-bond donors (Lipinski definition) is 1. The monoisotopic (exact) mass is 307 g/mol. The number of ether oxygens (including phenoxy) is 1. The second-order valence-corrected chi connectivity index (χ2v) is 6.60. The van der Waals surface area contributed by atoms with Crippen LogP contribution in [0.1, 0.15) is 31.2 Å². The van der Waals surface area contributed by atoms with Crippen molar-refractivity contribution in [3.8, 4) is 5.75 Å². The molecule has 0 atom stereocenters. The number of halogens is 1. The summed E-state index contributed by atoms with van der Waals surface area (Å²) in [5.41, 5.74) is 1.08. The van der Waals surface area contributed by atoms with E-state index in [2.05, 4.69) is 0 Å². The van der Waals surface area contributed by atoms with Crippen LogP contribution in [-0.2, 0) is 11.2 Å². The van der Waals surface area contributed by atoms with E-state index in [4.69, 9.17) is 4.74 Å². The average molecular weight is 307 g/mol. The van der Waals surface area contributed by atoms with Crippen molar-refractivity contribution >= 4 is 5.91 Å². The molecule has 1 aromatic carbocycles. The first-order chi connectivity index (χ1) is 10.5. The molecule has 22 heavy (non-hydrogen) atoms. The summed E-state index contributed by atoms with van der Waals surface area (Å²) in [5, 5.41) is 9.48. The molecule has 120 valence electrons. The van der Waals surface area contributed by atoms with E-state index < -0.39 is 0 Å². The molecule has 0 aromatic heterocycles. The minimum absolute atomic E-state index is 0.140. The molecule has 0 radical (unpaired) electrons. The normalized spacial score (nSPS) is 27.0. The molecule has 5 heteroatoms. The maximum atomic E-state index is 13.4. The molecule has 4 nitrogen and oxygen atoms in total. The van der Waals surface area contributed by atoms with E-state index in [0.29, 0.717) is 12.8 Å². The summed E-state index contributed by atoms with van der Waals surface area (Å²) in [5.74, 6) is -0.0299. The van der Waals surface area contributed by atoms with Crippen molar-refractivity contribution < 1.29 is 19.0 Å². The van der Waals surface area contributed by atoms with Crippen molar-refractivity contribution in [3.05, 3.63) is 29.6 Å². The summed E-state index contributed by atoms with van der Waals surface area (Å²) in [4.78, 5) is 14.2. The van der Waals surface area contributed by atoms with Crippen molar-refractivity contribution in [2.24, 2.45) is 5.41 Å². The van der Waals surface area contributed by atoms with Gasteiger partial charge in [-0.2, -0.15) is 0 Å². The lowest BCUT2D eigenvalue weighted by Crippen LogP contribution is -2.43. The second kappa shape index (κ2) is 5.88. The molecule has 1 aliphatic carbocycles. The minimum atomic E-state index is -0.386. The zero-order chi connectivity index (χ0) is 15.7. The number of aliphatic hydroxyl groups is 1. The van der Waals surface area contributed by atoms with Gasteiger partial charge in [0, 0.05) is 19.5 Å². The Morgan fingerprint density at radius 3 is 2.95 bits per heavy atom. The predicted molar refractivity (Wildman–Crippen MR) is 80.1 cm³/mol. The van der Waals surface area contributed by atoms with Crippen LogP contribution in [0.25, 0.3) is 0 Å². The van der Waals surface area contributed by atoms with Gasteiger partial charge in [-0.1, -0.05) is 6.07 Å². The molecule has 1 aromatic rings. The van der Waals surface area contributed by atoms with Crippen molar-refractivity contribution in [1.82, 2.24) is 4.90 Å². The lowest BCUT2D eigenvalue weighted by Gasteiger charge is -2.42. The number of aliphatic hydroxyl groups excluding tert-OH is 1. The largest absolute Gasteiger partial charge is 0.494 e. The number of methoxy groups -OCH3 is 1. The van der Waals surface area contributed by atoms with Gasteiger partial charge in [-0.15, -0.1) is 0 Å². The summed E-state index contributed by atoms with van der Waals surface area (Å²) in [6.45, 7) is 1.56. The van der Waals surface area contributed by atoms with Crippen LogP contribution in [0.5, 0.6) is 5.75 Å². The Labute approximate surface area is 129 Å². The molecule has 1 spiro atoms. The summed E-state index contributed by atoms with van der Waals surface area (Å²) >= 11 is 0. The van der Waals surface area contributed by atoms with Crippen molar-refractivity contribution in [2.75, 3.05) is 20.2 Å². The van der Waals surface area contributed by atoms with Crippen molar-refractivity contribution in [1.29, 1.82) is 0 Å². The SMILES string of the molecule is COc1cc(CCC(=O)N2CCC3(CC(O)C3)C2)ccc1F. The second-order valence-electron chi connectivity index (χ2n) is 6.60. The molecule has 3 rings (SSSR count). The third-order valence-electron chi connectivity index (χ3n) is 4.97. The van der Waals surface area contributed by atoms with Gasteiger partial charge in [0.05, 0.1) is 13.2 Å². The highest BCUT2D eigenvalue weighted by Gasteiger charge is 2.48. The molecule has 1 heterocycles. The quantitative estimate of drug-likeness (QED) is 0.927. The first kappa shape index (κ1) is 15.3. The number of carbonyl (C=O) groups is 1. The predicted octanol–water partition coefficient (Wildman–Crippen LogP) is 2.14. The highest BCUT2D eigenvalue weighted by molar-refractivity contribution is 5.77. The summed E-state index contributed by atoms with van der Waals surface area (Å²) in [7, 11) is 1.43. The summed E-state index contributed by atoms with van der Waals surface area (Å²) in [6.07, 6.45) is 3.48. The van der Waals surface area contributed by atoms with Gasteiger partial charge in [-0.25, -0.2) is 4.39 Å². The Hall–Kier alpha value is -1.62. The smallest absolute Gasteiger partial charge is 0.222 e. The number of hydrogen-bond acceptors (Lipinski definition) is 3. The molecule has 1 saturated carbocycles. The van der Waals surface area contributed by atoms with Gasteiger partial charge in [0.1, 0.15) is 0 Å². The molecule has 2 fully saturated rings. The van der Waals surface area contributed by atoms with Gasteiger partial charge >= 0.3 is 0 Å². The maximum Gasteiger partial charge on any atom is 0.222 e. The van der Waals surface area contributed by atoms with E-state index in [0.717, 1.165) is 37.9 Å². The fraction of sp³-hybridized carbons (Fsp3) is 0.588. The van der Waals surface area contributed by atoms with Crippen LogP contribution < -0.4 is 4.74 Å². The third kappa shape index (κ3) is 2.95. The van der Waals surface area contributed by atoms with Crippen LogP contribution in [0.4, 0.5) is 4.39 Å². The number of carbonyl (C=O) groups excluding carboxylic acids is 1.